The van der Waals surface area contributed by atoms with Crippen molar-refractivity contribution in [3.05, 3.63) is 60.2 Å². The van der Waals surface area contributed by atoms with Gasteiger partial charge in [0.25, 0.3) is 0 Å². The lowest BCUT2D eigenvalue weighted by atomic mass is 9.87. The number of benzene rings is 2. The number of hydrogen-bond acceptors (Lipinski definition) is 3. The summed E-state index contributed by atoms with van der Waals surface area (Å²) in [6.45, 7) is 1.08. The number of rotatable bonds is 7. The van der Waals surface area contributed by atoms with E-state index in [2.05, 4.69) is 5.32 Å². The molecule has 1 unspecified atom stereocenters. The van der Waals surface area contributed by atoms with Gasteiger partial charge in [-0.05, 0) is 42.4 Å². The van der Waals surface area contributed by atoms with Crippen molar-refractivity contribution in [2.45, 2.75) is 57.4 Å². The van der Waals surface area contributed by atoms with E-state index in [1.54, 1.807) is 0 Å². The lowest BCUT2D eigenvalue weighted by molar-refractivity contribution is -0.144. The third-order valence-electron chi connectivity index (χ3n) is 7.17. The normalized spacial score (nSPS) is 19.9. The van der Waals surface area contributed by atoms with Crippen LogP contribution in [-0.2, 0) is 20.8 Å². The Morgan fingerprint density at radius 3 is 2.18 bits per heavy atom. The van der Waals surface area contributed by atoms with Crippen molar-refractivity contribution in [2.24, 2.45) is 11.8 Å². The zero-order chi connectivity index (χ0) is 23.9. The molecule has 2 atom stereocenters. The summed E-state index contributed by atoms with van der Waals surface area (Å²) in [5.74, 6) is -1.42. The van der Waals surface area contributed by atoms with Gasteiger partial charge in [-0.25, -0.2) is 4.79 Å². The van der Waals surface area contributed by atoms with Gasteiger partial charge >= 0.3 is 5.97 Å². The monoisotopic (exact) mass is 462 g/mol. The summed E-state index contributed by atoms with van der Waals surface area (Å²) in [5, 5.41) is 12.5. The lowest BCUT2D eigenvalue weighted by Gasteiger charge is -2.35. The standard InChI is InChI=1S/C28H34N2O4/c31-26(24-12-7-17-30(19-24)27(32)23-10-5-2-6-11-23)29-25(28(33)34)18-20-13-15-22(16-14-20)21-8-3-1-4-9-21/h1,3-4,8-9,13-16,23-25H,2,5-7,10-12,17-19H2,(H,29,31)(H,33,34)/t24?,25-/m0/s1. The first-order chi connectivity index (χ1) is 16.5. The fraction of sp³-hybridized carbons (Fsp3) is 0.464. The van der Waals surface area contributed by atoms with Crippen molar-refractivity contribution in [3.63, 3.8) is 0 Å². The average Bonchev–Trinajstić information content (AvgIpc) is 2.89. The SMILES string of the molecule is O=C(N[C@@H](Cc1ccc(-c2ccccc2)cc1)C(=O)O)C1CCCN(C(=O)C2CCCCC2)C1. The molecule has 2 aromatic rings. The lowest BCUT2D eigenvalue weighted by Crippen LogP contribution is -2.51. The molecule has 0 radical (unpaired) electrons. The first kappa shape index (κ1) is 24.0. The molecular weight excluding hydrogens is 428 g/mol. The molecule has 1 saturated heterocycles. The summed E-state index contributed by atoms with van der Waals surface area (Å²) in [6.07, 6.45) is 6.94. The zero-order valence-electron chi connectivity index (χ0n) is 19.6. The Hall–Kier alpha value is -3.15. The van der Waals surface area contributed by atoms with E-state index in [0.29, 0.717) is 19.5 Å². The highest BCUT2D eigenvalue weighted by Crippen LogP contribution is 2.28. The smallest absolute Gasteiger partial charge is 0.326 e. The van der Waals surface area contributed by atoms with Crippen LogP contribution in [0.25, 0.3) is 11.1 Å². The third kappa shape index (κ3) is 6.04. The minimum atomic E-state index is -1.05. The van der Waals surface area contributed by atoms with Crippen LogP contribution in [0.3, 0.4) is 0 Å². The minimum Gasteiger partial charge on any atom is -0.480 e. The van der Waals surface area contributed by atoms with Gasteiger partial charge in [0.15, 0.2) is 0 Å². The first-order valence-electron chi connectivity index (χ1n) is 12.5. The summed E-state index contributed by atoms with van der Waals surface area (Å²) in [6, 6.07) is 16.8. The second-order valence-electron chi connectivity index (χ2n) is 9.62. The third-order valence-corrected chi connectivity index (χ3v) is 7.17. The zero-order valence-corrected chi connectivity index (χ0v) is 19.6. The molecule has 0 aromatic heterocycles. The van der Waals surface area contributed by atoms with Gasteiger partial charge in [-0.15, -0.1) is 0 Å². The molecule has 2 aromatic carbocycles. The van der Waals surface area contributed by atoms with Crippen molar-refractivity contribution < 1.29 is 19.5 Å². The Labute approximate surface area is 201 Å². The summed E-state index contributed by atoms with van der Waals surface area (Å²) < 4.78 is 0. The van der Waals surface area contributed by atoms with Gasteiger partial charge in [0.05, 0.1) is 5.92 Å². The highest BCUT2D eigenvalue weighted by molar-refractivity contribution is 5.86. The van der Waals surface area contributed by atoms with Crippen molar-refractivity contribution in [1.29, 1.82) is 0 Å². The highest BCUT2D eigenvalue weighted by atomic mass is 16.4. The molecule has 34 heavy (non-hydrogen) atoms. The Morgan fingerprint density at radius 1 is 0.853 bits per heavy atom. The molecule has 1 saturated carbocycles. The van der Waals surface area contributed by atoms with E-state index in [9.17, 15) is 19.5 Å². The average molecular weight is 463 g/mol. The second kappa shape index (κ2) is 11.3. The molecule has 0 spiro atoms. The number of hydrogen-bond donors (Lipinski definition) is 2. The van der Waals surface area contributed by atoms with E-state index in [1.807, 2.05) is 59.5 Å². The molecule has 180 valence electrons. The first-order valence-corrected chi connectivity index (χ1v) is 12.5. The van der Waals surface area contributed by atoms with Crippen molar-refractivity contribution in [3.8, 4) is 11.1 Å². The number of carbonyl (C=O) groups excluding carboxylic acids is 2. The van der Waals surface area contributed by atoms with E-state index in [4.69, 9.17) is 0 Å². The molecule has 1 aliphatic heterocycles. The van der Waals surface area contributed by atoms with Crippen LogP contribution >= 0.6 is 0 Å². The molecule has 4 rings (SSSR count). The molecule has 1 aliphatic carbocycles. The van der Waals surface area contributed by atoms with E-state index in [0.717, 1.165) is 48.8 Å². The van der Waals surface area contributed by atoms with Crippen LogP contribution < -0.4 is 5.32 Å². The maximum Gasteiger partial charge on any atom is 0.326 e. The van der Waals surface area contributed by atoms with Gasteiger partial charge < -0.3 is 15.3 Å². The van der Waals surface area contributed by atoms with Crippen LogP contribution in [0.4, 0.5) is 0 Å². The predicted octanol–water partition coefficient (Wildman–Crippen LogP) is 4.28. The molecule has 0 bridgehead atoms. The van der Waals surface area contributed by atoms with Crippen LogP contribution in [0.15, 0.2) is 54.6 Å². The fourth-order valence-corrected chi connectivity index (χ4v) is 5.19. The second-order valence-corrected chi connectivity index (χ2v) is 9.62. The van der Waals surface area contributed by atoms with Gasteiger partial charge in [0, 0.05) is 25.4 Å². The molecule has 2 aliphatic rings. The Kier molecular flexibility index (Phi) is 7.99. The van der Waals surface area contributed by atoms with Crippen LogP contribution in [0.2, 0.25) is 0 Å². The molecule has 2 amide bonds. The minimum absolute atomic E-state index is 0.0844. The predicted molar refractivity (Wildman–Crippen MR) is 131 cm³/mol. The summed E-state index contributed by atoms with van der Waals surface area (Å²) in [4.78, 5) is 39.6. The van der Waals surface area contributed by atoms with E-state index < -0.39 is 12.0 Å². The van der Waals surface area contributed by atoms with Crippen molar-refractivity contribution >= 4 is 17.8 Å². The molecule has 2 N–H and O–H groups in total. The van der Waals surface area contributed by atoms with Crippen LogP contribution in [0, 0.1) is 11.8 Å². The van der Waals surface area contributed by atoms with Crippen molar-refractivity contribution in [1.82, 2.24) is 10.2 Å². The Balaban J connectivity index is 1.35. The topological polar surface area (TPSA) is 86.7 Å². The maximum absolute atomic E-state index is 13.0. The van der Waals surface area contributed by atoms with Gasteiger partial charge in [-0.2, -0.15) is 0 Å². The highest BCUT2D eigenvalue weighted by Gasteiger charge is 2.33. The molecule has 6 heteroatoms. The maximum atomic E-state index is 13.0. The summed E-state index contributed by atoms with van der Waals surface area (Å²) >= 11 is 0. The number of carboxylic acid groups (broad SMARTS) is 1. The van der Waals surface area contributed by atoms with Gasteiger partial charge in [-0.1, -0.05) is 73.9 Å². The van der Waals surface area contributed by atoms with E-state index in [1.165, 1.54) is 6.42 Å². The summed E-state index contributed by atoms with van der Waals surface area (Å²) in [5.41, 5.74) is 3.01. The molecule has 6 nitrogen and oxygen atoms in total. The van der Waals surface area contributed by atoms with Gasteiger partial charge in [0.2, 0.25) is 11.8 Å². The number of carboxylic acids is 1. The van der Waals surface area contributed by atoms with Gasteiger partial charge in [-0.3, -0.25) is 9.59 Å². The number of carbonyl (C=O) groups is 3. The van der Waals surface area contributed by atoms with Crippen molar-refractivity contribution in [2.75, 3.05) is 13.1 Å². The Bertz CT molecular complexity index is 983. The van der Waals surface area contributed by atoms with Crippen LogP contribution in [-0.4, -0.2) is 46.9 Å². The van der Waals surface area contributed by atoms with Crippen LogP contribution in [0.1, 0.15) is 50.5 Å². The number of amides is 2. The fourth-order valence-electron chi connectivity index (χ4n) is 5.19. The van der Waals surface area contributed by atoms with Crippen LogP contribution in [0.5, 0.6) is 0 Å². The Morgan fingerprint density at radius 2 is 1.50 bits per heavy atom. The molecule has 1 heterocycles. The molecular formula is C28H34N2O4. The van der Waals surface area contributed by atoms with Gasteiger partial charge in [0.1, 0.15) is 6.04 Å². The number of piperidine rings is 1. The molecule has 2 fully saturated rings. The summed E-state index contributed by atoms with van der Waals surface area (Å²) in [7, 11) is 0. The number of nitrogens with one attached hydrogen (secondary N) is 1. The number of nitrogens with zero attached hydrogens (tertiary/aromatic N) is 1. The quantitative estimate of drug-likeness (QED) is 0.643. The number of aliphatic carboxylic acids is 1. The van der Waals surface area contributed by atoms with E-state index >= 15 is 0 Å². The van der Waals surface area contributed by atoms with E-state index in [-0.39, 0.29) is 30.1 Å². The number of likely N-dealkylation sites (tertiary alicyclic amines) is 1. The largest absolute Gasteiger partial charge is 0.480 e.